The average molecular weight is 433 g/mol. The Morgan fingerprint density at radius 2 is 1.94 bits per heavy atom. The van der Waals surface area contributed by atoms with Gasteiger partial charge in [-0.3, -0.25) is 0 Å². The fourth-order valence-corrected chi connectivity index (χ4v) is 3.96. The van der Waals surface area contributed by atoms with E-state index in [-0.39, 0.29) is 12.1 Å². The van der Waals surface area contributed by atoms with Crippen LogP contribution in [0.25, 0.3) is 11.1 Å². The van der Waals surface area contributed by atoms with Crippen LogP contribution in [0.1, 0.15) is 29.9 Å². The first-order chi connectivity index (χ1) is 14.9. The molecule has 31 heavy (non-hydrogen) atoms. The van der Waals surface area contributed by atoms with Gasteiger partial charge in [0.05, 0.1) is 5.56 Å². The Morgan fingerprint density at radius 3 is 2.65 bits per heavy atom. The molecule has 166 valence electrons. The van der Waals surface area contributed by atoms with Gasteiger partial charge in [0.25, 0.3) is 0 Å². The van der Waals surface area contributed by atoms with Crippen molar-refractivity contribution in [1.82, 2.24) is 16.0 Å². The molecule has 8 heteroatoms. The van der Waals surface area contributed by atoms with E-state index in [1.807, 2.05) is 24.3 Å². The fourth-order valence-electron chi connectivity index (χ4n) is 3.96. The minimum Gasteiger partial charge on any atom is -0.448 e. The Balaban J connectivity index is 1.21. The molecular formula is C23H26F3N3O2. The van der Waals surface area contributed by atoms with Gasteiger partial charge in [-0.25, -0.2) is 4.79 Å². The number of hydrogen-bond donors (Lipinski definition) is 3. The molecule has 0 spiro atoms. The van der Waals surface area contributed by atoms with Crippen LogP contribution in [0.4, 0.5) is 18.0 Å². The van der Waals surface area contributed by atoms with Crippen molar-refractivity contribution < 1.29 is 22.7 Å². The number of halogens is 3. The largest absolute Gasteiger partial charge is 0.448 e. The Kier molecular flexibility index (Phi) is 6.48. The van der Waals surface area contributed by atoms with Gasteiger partial charge in [-0.05, 0) is 48.2 Å². The molecule has 3 N–H and O–H groups in total. The second-order valence-electron chi connectivity index (χ2n) is 8.07. The van der Waals surface area contributed by atoms with Crippen molar-refractivity contribution in [2.45, 2.75) is 37.0 Å². The molecule has 2 aromatic rings. The zero-order chi connectivity index (χ0) is 21.8. The van der Waals surface area contributed by atoms with Gasteiger partial charge in [0.2, 0.25) is 0 Å². The number of carbonyl (C=O) groups is 1. The minimum atomic E-state index is -4.35. The fraction of sp³-hybridized carbons (Fsp3) is 0.435. The molecule has 3 atom stereocenters. The molecule has 1 saturated carbocycles. The Bertz CT molecular complexity index is 896. The summed E-state index contributed by atoms with van der Waals surface area (Å²) in [5.41, 5.74) is 1.82. The summed E-state index contributed by atoms with van der Waals surface area (Å²) in [6.45, 7) is 2.59. The molecule has 2 aromatic carbocycles. The summed E-state index contributed by atoms with van der Waals surface area (Å²) in [5, 5.41) is 9.40. The van der Waals surface area contributed by atoms with E-state index in [1.165, 1.54) is 12.1 Å². The van der Waals surface area contributed by atoms with E-state index in [0.29, 0.717) is 30.7 Å². The average Bonchev–Trinajstić information content (AvgIpc) is 3.35. The van der Waals surface area contributed by atoms with Crippen LogP contribution >= 0.6 is 0 Å². The highest BCUT2D eigenvalue weighted by molar-refractivity contribution is 5.67. The number of alkyl halides is 3. The lowest BCUT2D eigenvalue weighted by atomic mass is 10.0. The Labute approximate surface area is 179 Å². The van der Waals surface area contributed by atoms with Gasteiger partial charge >= 0.3 is 12.3 Å². The van der Waals surface area contributed by atoms with Crippen LogP contribution in [0.3, 0.4) is 0 Å². The normalized spacial score (nSPS) is 22.9. The highest BCUT2D eigenvalue weighted by Gasteiger charge is 2.37. The van der Waals surface area contributed by atoms with Crippen molar-refractivity contribution in [2.24, 2.45) is 0 Å². The molecule has 1 aliphatic carbocycles. The number of carbonyl (C=O) groups excluding carboxylic acids is 1. The predicted molar refractivity (Wildman–Crippen MR) is 112 cm³/mol. The number of rotatable bonds is 7. The smallest absolute Gasteiger partial charge is 0.416 e. The third-order valence-corrected chi connectivity index (χ3v) is 5.78. The first-order valence-corrected chi connectivity index (χ1v) is 10.5. The van der Waals surface area contributed by atoms with Crippen LogP contribution in [0.15, 0.2) is 48.5 Å². The van der Waals surface area contributed by atoms with Crippen molar-refractivity contribution in [1.29, 1.82) is 0 Å². The SMILES string of the molecule is O=C(N[C@H]1CCNC1)OCCN[C@@H]1C[C@H]1c1ccc(-c2cccc(C(F)(F)F)c2)cc1. The maximum atomic E-state index is 12.9. The summed E-state index contributed by atoms with van der Waals surface area (Å²) < 4.78 is 44.0. The van der Waals surface area contributed by atoms with Crippen LogP contribution < -0.4 is 16.0 Å². The first kappa shape index (κ1) is 21.6. The zero-order valence-electron chi connectivity index (χ0n) is 17.0. The number of benzene rings is 2. The molecule has 1 aliphatic heterocycles. The zero-order valence-corrected chi connectivity index (χ0v) is 17.0. The summed E-state index contributed by atoms with van der Waals surface area (Å²) in [7, 11) is 0. The molecule has 0 aromatic heterocycles. The number of alkyl carbamates (subject to hydrolysis) is 1. The van der Waals surface area contributed by atoms with Gasteiger partial charge in [0, 0.05) is 31.1 Å². The summed E-state index contributed by atoms with van der Waals surface area (Å²) in [5.74, 6) is 0.369. The summed E-state index contributed by atoms with van der Waals surface area (Å²) in [6, 6.07) is 13.5. The molecule has 1 saturated heterocycles. The quantitative estimate of drug-likeness (QED) is 0.580. The van der Waals surface area contributed by atoms with Gasteiger partial charge in [0.15, 0.2) is 0 Å². The molecule has 0 unspecified atom stereocenters. The Morgan fingerprint density at radius 1 is 1.13 bits per heavy atom. The maximum Gasteiger partial charge on any atom is 0.416 e. The highest BCUT2D eigenvalue weighted by Crippen LogP contribution is 2.41. The third-order valence-electron chi connectivity index (χ3n) is 5.78. The van der Waals surface area contributed by atoms with E-state index in [1.54, 1.807) is 6.07 Å². The molecule has 1 amide bonds. The molecule has 0 radical (unpaired) electrons. The Hall–Kier alpha value is -2.58. The second-order valence-corrected chi connectivity index (χ2v) is 8.07. The topological polar surface area (TPSA) is 62.4 Å². The van der Waals surface area contributed by atoms with Crippen LogP contribution in [-0.4, -0.2) is 44.4 Å². The van der Waals surface area contributed by atoms with E-state index in [4.69, 9.17) is 4.74 Å². The molecule has 1 heterocycles. The predicted octanol–water partition coefficient (Wildman–Crippen LogP) is 3.91. The van der Waals surface area contributed by atoms with Crippen LogP contribution in [0, 0.1) is 0 Å². The number of hydrogen-bond acceptors (Lipinski definition) is 4. The number of ether oxygens (including phenoxy) is 1. The van der Waals surface area contributed by atoms with Gasteiger partial charge in [0.1, 0.15) is 6.61 Å². The molecule has 2 aliphatic rings. The van der Waals surface area contributed by atoms with Crippen molar-refractivity contribution in [3.05, 3.63) is 59.7 Å². The van der Waals surface area contributed by atoms with E-state index < -0.39 is 11.7 Å². The minimum absolute atomic E-state index is 0.146. The van der Waals surface area contributed by atoms with E-state index in [0.717, 1.165) is 43.1 Å². The summed E-state index contributed by atoms with van der Waals surface area (Å²) in [6.07, 6.45) is -2.82. The van der Waals surface area contributed by atoms with E-state index >= 15 is 0 Å². The molecule has 4 rings (SSSR count). The van der Waals surface area contributed by atoms with Gasteiger partial charge in [-0.1, -0.05) is 36.4 Å². The molecule has 2 fully saturated rings. The maximum absolute atomic E-state index is 12.9. The van der Waals surface area contributed by atoms with E-state index in [9.17, 15) is 18.0 Å². The van der Waals surface area contributed by atoms with Gasteiger partial charge < -0.3 is 20.7 Å². The lowest BCUT2D eigenvalue weighted by Crippen LogP contribution is -2.37. The van der Waals surface area contributed by atoms with Crippen LogP contribution in [0.2, 0.25) is 0 Å². The number of amides is 1. The molecular weight excluding hydrogens is 407 g/mol. The second kappa shape index (κ2) is 9.28. The van der Waals surface area contributed by atoms with E-state index in [2.05, 4.69) is 16.0 Å². The lowest BCUT2D eigenvalue weighted by molar-refractivity contribution is -0.137. The van der Waals surface area contributed by atoms with Crippen molar-refractivity contribution in [3.8, 4) is 11.1 Å². The van der Waals surface area contributed by atoms with Crippen molar-refractivity contribution in [2.75, 3.05) is 26.2 Å². The highest BCUT2D eigenvalue weighted by atomic mass is 19.4. The van der Waals surface area contributed by atoms with Gasteiger partial charge in [-0.2, -0.15) is 13.2 Å². The standard InChI is InChI=1S/C23H26F3N3O2/c24-23(25,26)18-3-1-2-17(12-18)15-4-6-16(7-5-15)20-13-21(20)28-10-11-31-22(30)29-19-8-9-27-14-19/h1-7,12,19-21,27-28H,8-11,13-14H2,(H,29,30)/t19-,20-,21+/m0/s1. The molecule has 0 bridgehead atoms. The third kappa shape index (κ3) is 5.77. The number of nitrogens with one attached hydrogen (secondary N) is 3. The van der Waals surface area contributed by atoms with Crippen LogP contribution in [-0.2, 0) is 10.9 Å². The van der Waals surface area contributed by atoms with Crippen LogP contribution in [0.5, 0.6) is 0 Å². The van der Waals surface area contributed by atoms with Crippen molar-refractivity contribution in [3.63, 3.8) is 0 Å². The lowest BCUT2D eigenvalue weighted by Gasteiger charge is -2.12. The summed E-state index contributed by atoms with van der Waals surface area (Å²) >= 11 is 0. The summed E-state index contributed by atoms with van der Waals surface area (Å²) in [4.78, 5) is 11.7. The first-order valence-electron chi connectivity index (χ1n) is 10.5. The van der Waals surface area contributed by atoms with Gasteiger partial charge in [-0.15, -0.1) is 0 Å². The molecule has 5 nitrogen and oxygen atoms in total. The monoisotopic (exact) mass is 433 g/mol. The van der Waals surface area contributed by atoms with Crippen molar-refractivity contribution >= 4 is 6.09 Å².